The van der Waals surface area contributed by atoms with Crippen LogP contribution in [0.5, 0.6) is 5.75 Å². The molecule has 11 nitrogen and oxygen atoms in total. The maximum absolute atomic E-state index is 12.9. The predicted molar refractivity (Wildman–Crippen MR) is 115 cm³/mol. The Hall–Kier alpha value is -3.44. The van der Waals surface area contributed by atoms with Crippen molar-refractivity contribution in [1.29, 1.82) is 0 Å². The van der Waals surface area contributed by atoms with Gasteiger partial charge in [-0.25, -0.2) is 0 Å². The fourth-order valence-corrected chi connectivity index (χ4v) is 4.09. The number of carboxylic acids is 1. The molecule has 2 unspecified atom stereocenters. The summed E-state index contributed by atoms with van der Waals surface area (Å²) in [5.41, 5.74) is 7.06. The summed E-state index contributed by atoms with van der Waals surface area (Å²) in [5, 5.41) is 12.9. The van der Waals surface area contributed by atoms with E-state index in [1.807, 2.05) is 0 Å². The second-order valence-electron chi connectivity index (χ2n) is 8.25. The molecule has 0 spiro atoms. The molecule has 34 heavy (non-hydrogen) atoms. The lowest BCUT2D eigenvalue weighted by Gasteiger charge is -2.24. The van der Waals surface area contributed by atoms with Gasteiger partial charge in [0.05, 0.1) is 13.2 Å². The molecule has 182 valence electrons. The van der Waals surface area contributed by atoms with Crippen LogP contribution in [0.2, 0.25) is 0 Å². The van der Waals surface area contributed by atoms with Gasteiger partial charge in [-0.05, 0) is 37.8 Å². The molecule has 0 aliphatic carbocycles. The van der Waals surface area contributed by atoms with E-state index in [2.05, 4.69) is 5.16 Å². The summed E-state index contributed by atoms with van der Waals surface area (Å²) in [6.07, 6.45) is 2.41. The smallest absolute Gasteiger partial charge is 0.303 e. The van der Waals surface area contributed by atoms with Crippen LogP contribution in [0.3, 0.4) is 0 Å². The third-order valence-corrected chi connectivity index (χ3v) is 5.82. The molecule has 11 heteroatoms. The molecule has 2 amide bonds. The fraction of sp³-hybridized carbons (Fsp3) is 0.478. The molecule has 1 aromatic carbocycles. The molecule has 0 radical (unpaired) electrons. The highest BCUT2D eigenvalue weighted by Crippen LogP contribution is 2.33. The summed E-state index contributed by atoms with van der Waals surface area (Å²) >= 11 is 0. The Bertz CT molecular complexity index is 1050. The highest BCUT2D eigenvalue weighted by atomic mass is 16.7. The van der Waals surface area contributed by atoms with Crippen molar-refractivity contribution < 1.29 is 38.2 Å². The number of hydrogen-bond donors (Lipinski definition) is 2. The molecule has 2 atom stereocenters. The normalized spacial score (nSPS) is 18.5. The van der Waals surface area contributed by atoms with Gasteiger partial charge in [0.2, 0.25) is 5.91 Å². The number of primary amides is 1. The van der Waals surface area contributed by atoms with E-state index < -0.39 is 23.8 Å². The van der Waals surface area contributed by atoms with Gasteiger partial charge in [-0.2, -0.15) is 0 Å². The number of carboxylic acid groups (broad SMARTS) is 1. The minimum Gasteiger partial charge on any atom is -0.485 e. The van der Waals surface area contributed by atoms with Crippen LogP contribution >= 0.6 is 0 Å². The predicted octanol–water partition coefficient (Wildman–Crippen LogP) is 1.97. The zero-order valence-corrected chi connectivity index (χ0v) is 18.6. The van der Waals surface area contributed by atoms with Crippen LogP contribution in [0.25, 0.3) is 0 Å². The molecule has 2 aliphatic rings. The maximum atomic E-state index is 12.9. The summed E-state index contributed by atoms with van der Waals surface area (Å²) in [6, 6.07) is 5.74. The van der Waals surface area contributed by atoms with Crippen molar-refractivity contribution in [3.63, 3.8) is 0 Å². The van der Waals surface area contributed by atoms with Crippen molar-refractivity contribution >= 4 is 17.8 Å². The van der Waals surface area contributed by atoms with Crippen LogP contribution in [0.1, 0.15) is 59.5 Å². The molecule has 1 saturated heterocycles. The highest BCUT2D eigenvalue weighted by Gasteiger charge is 2.37. The lowest BCUT2D eigenvalue weighted by Crippen LogP contribution is -2.45. The molecule has 3 heterocycles. The average Bonchev–Trinajstić information content (AvgIpc) is 3.42. The largest absolute Gasteiger partial charge is 0.485 e. The number of benzene rings is 1. The summed E-state index contributed by atoms with van der Waals surface area (Å²) in [4.78, 5) is 37.0. The lowest BCUT2D eigenvalue weighted by atomic mass is 10.1. The third-order valence-electron chi connectivity index (χ3n) is 5.82. The van der Waals surface area contributed by atoms with E-state index in [1.54, 1.807) is 24.3 Å². The van der Waals surface area contributed by atoms with Crippen LogP contribution in [-0.4, -0.2) is 51.9 Å². The number of fused-ring (bicyclic) bond motifs is 1. The Balaban J connectivity index is 1.37. The van der Waals surface area contributed by atoms with Gasteiger partial charge in [0, 0.05) is 30.2 Å². The molecule has 2 aromatic rings. The minimum atomic E-state index is -1.07. The number of amides is 2. The van der Waals surface area contributed by atoms with Crippen molar-refractivity contribution in [2.24, 2.45) is 5.73 Å². The topological polar surface area (TPSA) is 154 Å². The number of ether oxygens (including phenoxy) is 3. The molecule has 2 aliphatic heterocycles. The lowest BCUT2D eigenvalue weighted by molar-refractivity contribution is -0.169. The molecular formula is C23H27N3O8. The summed E-state index contributed by atoms with van der Waals surface area (Å²) in [7, 11) is 0. The van der Waals surface area contributed by atoms with Gasteiger partial charge in [0.15, 0.2) is 12.1 Å². The van der Waals surface area contributed by atoms with Gasteiger partial charge < -0.3 is 34.5 Å². The Labute approximate surface area is 195 Å². The van der Waals surface area contributed by atoms with Crippen molar-refractivity contribution in [2.75, 3.05) is 6.61 Å². The summed E-state index contributed by atoms with van der Waals surface area (Å²) < 4.78 is 22.4. The van der Waals surface area contributed by atoms with Crippen LogP contribution in [-0.2, 0) is 38.8 Å². The Morgan fingerprint density at radius 3 is 2.88 bits per heavy atom. The number of nitrogens with two attached hydrogens (primary N) is 1. The molecule has 0 saturated carbocycles. The van der Waals surface area contributed by atoms with Crippen LogP contribution in [0, 0.1) is 0 Å². The standard InChI is InChI=1S/C23H27N3O8/c24-22(29)18(7-8-20(27)28)26-11-17-16(23(26)30)4-3-5-19(17)32-13-15-10-14(25-34-15)12-33-21-6-1-2-9-31-21/h3-5,10,18,21H,1-2,6-9,11-13H2,(H2,24,29)(H,27,28). The van der Waals surface area contributed by atoms with E-state index in [4.69, 9.17) is 29.6 Å². The third kappa shape index (κ3) is 5.54. The van der Waals surface area contributed by atoms with E-state index in [1.165, 1.54) is 4.90 Å². The zero-order valence-electron chi connectivity index (χ0n) is 18.6. The first-order valence-corrected chi connectivity index (χ1v) is 11.2. The van der Waals surface area contributed by atoms with Crippen molar-refractivity contribution in [3.05, 3.63) is 46.8 Å². The van der Waals surface area contributed by atoms with E-state index in [0.29, 0.717) is 34.9 Å². The molecule has 0 bridgehead atoms. The van der Waals surface area contributed by atoms with Crippen LogP contribution < -0.4 is 10.5 Å². The van der Waals surface area contributed by atoms with Gasteiger partial charge in [0.25, 0.3) is 5.91 Å². The molecular weight excluding hydrogens is 446 g/mol. The van der Waals surface area contributed by atoms with Gasteiger partial charge in [-0.3, -0.25) is 14.4 Å². The van der Waals surface area contributed by atoms with Gasteiger partial charge in [-0.15, -0.1) is 0 Å². The number of carbonyl (C=O) groups is 3. The maximum Gasteiger partial charge on any atom is 0.303 e. The Morgan fingerprint density at radius 1 is 1.29 bits per heavy atom. The zero-order chi connectivity index (χ0) is 24.1. The number of aromatic nitrogens is 1. The quantitative estimate of drug-likeness (QED) is 0.498. The van der Waals surface area contributed by atoms with Gasteiger partial charge in [-0.1, -0.05) is 11.2 Å². The first kappa shape index (κ1) is 23.7. The van der Waals surface area contributed by atoms with Crippen molar-refractivity contribution in [1.82, 2.24) is 10.1 Å². The first-order valence-electron chi connectivity index (χ1n) is 11.2. The van der Waals surface area contributed by atoms with Crippen molar-refractivity contribution in [3.8, 4) is 5.75 Å². The van der Waals surface area contributed by atoms with E-state index in [9.17, 15) is 14.4 Å². The highest BCUT2D eigenvalue weighted by molar-refractivity contribution is 6.01. The van der Waals surface area contributed by atoms with Crippen LogP contribution in [0.15, 0.2) is 28.8 Å². The molecule has 4 rings (SSSR count). The second-order valence-corrected chi connectivity index (χ2v) is 8.25. The second kappa shape index (κ2) is 10.7. The number of hydrogen-bond acceptors (Lipinski definition) is 8. The van der Waals surface area contributed by atoms with E-state index in [-0.39, 0.29) is 38.9 Å². The minimum absolute atomic E-state index is 0.0601. The van der Waals surface area contributed by atoms with Gasteiger partial charge >= 0.3 is 5.97 Å². The number of carbonyl (C=O) groups excluding carboxylic acids is 2. The molecule has 1 fully saturated rings. The Morgan fingerprint density at radius 2 is 2.15 bits per heavy atom. The monoisotopic (exact) mass is 473 g/mol. The Kier molecular flexibility index (Phi) is 7.43. The van der Waals surface area contributed by atoms with E-state index >= 15 is 0 Å². The van der Waals surface area contributed by atoms with Crippen molar-refractivity contribution in [2.45, 2.75) is 64.2 Å². The summed E-state index contributed by atoms with van der Waals surface area (Å²) in [5.74, 6) is -1.26. The fourth-order valence-electron chi connectivity index (χ4n) is 4.09. The molecule has 1 aromatic heterocycles. The molecule has 3 N–H and O–H groups in total. The summed E-state index contributed by atoms with van der Waals surface area (Å²) in [6.45, 7) is 1.14. The van der Waals surface area contributed by atoms with Gasteiger partial charge in [0.1, 0.15) is 24.1 Å². The average molecular weight is 473 g/mol. The van der Waals surface area contributed by atoms with E-state index in [0.717, 1.165) is 19.3 Å². The van der Waals surface area contributed by atoms with Crippen LogP contribution in [0.4, 0.5) is 0 Å². The SMILES string of the molecule is NC(=O)C(CCC(=O)O)N1Cc2c(OCc3cc(COC4CCCCO4)no3)cccc2C1=O. The number of nitrogens with zero attached hydrogens (tertiary/aromatic N) is 2. The first-order chi connectivity index (χ1) is 16.4. The number of rotatable bonds is 11. The number of aliphatic carboxylic acids is 1.